The number of rotatable bonds is 6. The molecule has 0 N–H and O–H groups in total. The van der Waals surface area contributed by atoms with Crippen LogP contribution in [0, 0.1) is 0 Å². The number of epoxide rings is 1. The Balaban J connectivity index is 1.30. The molecule has 0 radical (unpaired) electrons. The number of nitrogens with zero attached hydrogens (tertiary/aromatic N) is 5. The molecular weight excluding hydrogens is 515 g/mol. The second kappa shape index (κ2) is 10.6. The van der Waals surface area contributed by atoms with E-state index in [1.54, 1.807) is 4.90 Å². The molecule has 0 bridgehead atoms. The van der Waals surface area contributed by atoms with Crippen LogP contribution in [0.3, 0.4) is 0 Å². The molecular formula is C27H30F3N5O4. The van der Waals surface area contributed by atoms with Crippen molar-refractivity contribution in [3.05, 3.63) is 66.4 Å². The number of piperazine rings is 1. The van der Waals surface area contributed by atoms with Crippen LogP contribution in [0.5, 0.6) is 5.75 Å². The Labute approximate surface area is 224 Å². The Morgan fingerprint density at radius 2 is 1.77 bits per heavy atom. The molecule has 3 atom stereocenters. The highest BCUT2D eigenvalue weighted by Gasteiger charge is 2.49. The fourth-order valence-electron chi connectivity index (χ4n) is 4.66. The van der Waals surface area contributed by atoms with Crippen LogP contribution in [0.15, 0.2) is 60.8 Å². The van der Waals surface area contributed by atoms with E-state index in [-0.39, 0.29) is 35.9 Å². The number of aromatic nitrogens is 3. The van der Waals surface area contributed by atoms with Crippen molar-refractivity contribution >= 4 is 6.03 Å². The number of benzene rings is 2. The lowest BCUT2D eigenvalue weighted by atomic mass is 10.0. The Morgan fingerprint density at radius 3 is 2.44 bits per heavy atom. The van der Waals surface area contributed by atoms with E-state index in [9.17, 15) is 18.0 Å². The van der Waals surface area contributed by atoms with Gasteiger partial charge >= 0.3 is 12.4 Å². The summed E-state index contributed by atoms with van der Waals surface area (Å²) in [5.74, 6) is -0.342. The number of alkyl halides is 3. The molecule has 3 aromatic rings. The second-order valence-electron chi connectivity index (χ2n) is 10.6. The number of hydrogen-bond acceptors (Lipinski definition) is 7. The number of ether oxygens (including phenoxy) is 3. The van der Waals surface area contributed by atoms with Crippen LogP contribution in [-0.2, 0) is 15.9 Å². The first-order valence-electron chi connectivity index (χ1n) is 12.7. The van der Waals surface area contributed by atoms with Gasteiger partial charge in [0.25, 0.3) is 0 Å². The smallest absolute Gasteiger partial charge is 0.406 e. The molecule has 9 nitrogen and oxygen atoms in total. The predicted molar refractivity (Wildman–Crippen MR) is 135 cm³/mol. The lowest BCUT2D eigenvalue weighted by Crippen LogP contribution is -2.57. The molecule has 2 aliphatic heterocycles. The van der Waals surface area contributed by atoms with Crippen molar-refractivity contribution in [1.82, 2.24) is 24.8 Å². The van der Waals surface area contributed by atoms with E-state index in [0.29, 0.717) is 37.3 Å². The first-order valence-corrected chi connectivity index (χ1v) is 12.7. The van der Waals surface area contributed by atoms with Crippen molar-refractivity contribution in [2.24, 2.45) is 0 Å². The highest BCUT2D eigenvalue weighted by atomic mass is 19.4. The third-order valence-electron chi connectivity index (χ3n) is 6.41. The normalized spacial score (nSPS) is 22.1. The zero-order valence-corrected chi connectivity index (χ0v) is 21.8. The number of amides is 1. The minimum atomic E-state index is -4.77. The minimum Gasteiger partial charge on any atom is -0.406 e. The Kier molecular flexibility index (Phi) is 7.36. The molecule has 2 aliphatic rings. The summed E-state index contributed by atoms with van der Waals surface area (Å²) >= 11 is 0. The number of halogens is 3. The molecule has 0 spiro atoms. The van der Waals surface area contributed by atoms with Gasteiger partial charge in [0.2, 0.25) is 0 Å². The summed E-state index contributed by atoms with van der Waals surface area (Å²) in [4.78, 5) is 17.5. The van der Waals surface area contributed by atoms with E-state index in [4.69, 9.17) is 9.47 Å². The SMILES string of the molecule is CC(C)(C)OC1OC1N1CCN(C(=O)n2cc(-c3ccc(OC(F)(F)F)cc3)nn2)C(Cc2ccccc2)C1. The van der Waals surface area contributed by atoms with E-state index in [1.807, 2.05) is 51.1 Å². The van der Waals surface area contributed by atoms with Crippen molar-refractivity contribution in [1.29, 1.82) is 0 Å². The third kappa shape index (κ3) is 6.94. The minimum absolute atomic E-state index is 0.151. The lowest BCUT2D eigenvalue weighted by molar-refractivity contribution is -0.274. The maximum Gasteiger partial charge on any atom is 0.573 e. The molecule has 0 saturated carbocycles. The summed E-state index contributed by atoms with van der Waals surface area (Å²) in [5, 5.41) is 8.08. The summed E-state index contributed by atoms with van der Waals surface area (Å²) in [6.07, 6.45) is -3.10. The fraction of sp³-hybridized carbons (Fsp3) is 0.444. The second-order valence-corrected chi connectivity index (χ2v) is 10.6. The van der Waals surface area contributed by atoms with Crippen LogP contribution in [-0.4, -0.2) is 81.0 Å². The maximum absolute atomic E-state index is 13.6. The van der Waals surface area contributed by atoms with Crippen LogP contribution in [0.4, 0.5) is 18.0 Å². The van der Waals surface area contributed by atoms with Gasteiger partial charge in [-0.15, -0.1) is 18.3 Å². The van der Waals surface area contributed by atoms with Gasteiger partial charge in [0.1, 0.15) is 11.4 Å². The Hall–Kier alpha value is -3.48. The maximum atomic E-state index is 13.6. The number of carbonyl (C=O) groups is 1. The van der Waals surface area contributed by atoms with Crippen molar-refractivity contribution in [2.45, 2.75) is 57.7 Å². The van der Waals surface area contributed by atoms with E-state index in [0.717, 1.165) is 5.56 Å². The monoisotopic (exact) mass is 545 g/mol. The highest BCUT2D eigenvalue weighted by Crippen LogP contribution is 2.33. The van der Waals surface area contributed by atoms with E-state index < -0.39 is 6.36 Å². The highest BCUT2D eigenvalue weighted by molar-refractivity contribution is 5.77. The predicted octanol–water partition coefficient (Wildman–Crippen LogP) is 4.54. The van der Waals surface area contributed by atoms with Gasteiger partial charge in [0, 0.05) is 25.2 Å². The molecule has 0 aliphatic carbocycles. The van der Waals surface area contributed by atoms with Gasteiger partial charge in [-0.3, -0.25) is 4.90 Å². The Morgan fingerprint density at radius 1 is 1.05 bits per heavy atom. The van der Waals surface area contributed by atoms with Crippen molar-refractivity contribution in [3.63, 3.8) is 0 Å². The largest absolute Gasteiger partial charge is 0.573 e. The van der Waals surface area contributed by atoms with Crippen LogP contribution < -0.4 is 4.74 Å². The topological polar surface area (TPSA) is 85.2 Å². The molecule has 1 amide bonds. The fourth-order valence-corrected chi connectivity index (χ4v) is 4.66. The summed E-state index contributed by atoms with van der Waals surface area (Å²) in [6, 6.07) is 14.7. The number of hydrogen-bond donors (Lipinski definition) is 0. The molecule has 3 unspecified atom stereocenters. The van der Waals surface area contributed by atoms with Crippen LogP contribution in [0.25, 0.3) is 11.3 Å². The number of carbonyl (C=O) groups excluding carboxylic acids is 1. The molecule has 208 valence electrons. The van der Waals surface area contributed by atoms with Crippen molar-refractivity contribution in [3.8, 4) is 17.0 Å². The zero-order chi connectivity index (χ0) is 27.8. The van der Waals surface area contributed by atoms with Gasteiger partial charge in [-0.1, -0.05) is 35.5 Å². The lowest BCUT2D eigenvalue weighted by Gasteiger charge is -2.40. The van der Waals surface area contributed by atoms with Crippen LogP contribution >= 0.6 is 0 Å². The third-order valence-corrected chi connectivity index (χ3v) is 6.41. The quantitative estimate of drug-likeness (QED) is 0.421. The molecule has 2 aromatic carbocycles. The zero-order valence-electron chi connectivity index (χ0n) is 21.8. The van der Waals surface area contributed by atoms with E-state index in [2.05, 4.69) is 19.9 Å². The first kappa shape index (κ1) is 27.1. The van der Waals surface area contributed by atoms with Crippen LogP contribution in [0.2, 0.25) is 0 Å². The summed E-state index contributed by atoms with van der Waals surface area (Å²) in [7, 11) is 0. The van der Waals surface area contributed by atoms with E-state index >= 15 is 0 Å². The van der Waals surface area contributed by atoms with Crippen LogP contribution in [0.1, 0.15) is 26.3 Å². The molecule has 39 heavy (non-hydrogen) atoms. The molecule has 2 fully saturated rings. The van der Waals surface area contributed by atoms with Gasteiger partial charge in [0.15, 0.2) is 12.5 Å². The average molecular weight is 546 g/mol. The first-order chi connectivity index (χ1) is 18.4. The summed E-state index contributed by atoms with van der Waals surface area (Å²) < 4.78 is 54.2. The van der Waals surface area contributed by atoms with Crippen molar-refractivity contribution in [2.75, 3.05) is 19.6 Å². The summed E-state index contributed by atoms with van der Waals surface area (Å²) in [6.45, 7) is 7.61. The molecule has 1 aromatic heterocycles. The molecule has 3 heterocycles. The standard InChI is InChI=1S/C27H30F3N5O4/c1-26(2,3)39-24-23(37-24)33-13-14-34(20(16-33)15-18-7-5-4-6-8-18)25(36)35-17-22(31-32-35)19-9-11-21(12-10-19)38-27(28,29)30/h4-12,17,20,23-24H,13-16H2,1-3H3. The molecule has 2 saturated heterocycles. The van der Waals surface area contributed by atoms with Gasteiger partial charge in [-0.2, -0.15) is 4.68 Å². The molecule has 12 heteroatoms. The van der Waals surface area contributed by atoms with Crippen molar-refractivity contribution < 1.29 is 32.2 Å². The molecule has 5 rings (SSSR count). The Bertz CT molecular complexity index is 1280. The van der Waals surface area contributed by atoms with E-state index in [1.165, 1.54) is 35.1 Å². The van der Waals surface area contributed by atoms with Gasteiger partial charge in [0.05, 0.1) is 17.8 Å². The van der Waals surface area contributed by atoms with Gasteiger partial charge < -0.3 is 19.1 Å². The van der Waals surface area contributed by atoms with Gasteiger partial charge in [-0.25, -0.2) is 4.79 Å². The van der Waals surface area contributed by atoms with Gasteiger partial charge in [-0.05, 0) is 57.0 Å². The average Bonchev–Trinajstić information content (AvgIpc) is 3.43. The summed E-state index contributed by atoms with van der Waals surface area (Å²) in [5.41, 5.74) is 1.64.